The molecule has 0 atom stereocenters. The number of hydrogen-bond donors (Lipinski definition) is 0. The number of ether oxygens (including phenoxy) is 1. The molecule has 0 radical (unpaired) electrons. The molecule has 0 heterocycles. The minimum atomic E-state index is -0.306. The molecule has 0 bridgehead atoms. The van der Waals surface area contributed by atoms with Gasteiger partial charge in [-0.1, -0.05) is 45.1 Å². The van der Waals surface area contributed by atoms with Crippen molar-refractivity contribution in [2.45, 2.75) is 57.8 Å². The van der Waals surface area contributed by atoms with E-state index in [9.17, 15) is 4.79 Å². The summed E-state index contributed by atoms with van der Waals surface area (Å²) in [6.45, 7) is 7.71. The third-order valence-electron chi connectivity index (χ3n) is 4.69. The van der Waals surface area contributed by atoms with Gasteiger partial charge in [0.1, 0.15) is 13.1 Å². The molecule has 0 aliphatic carbocycles. The van der Waals surface area contributed by atoms with Crippen molar-refractivity contribution in [3.63, 3.8) is 0 Å². The van der Waals surface area contributed by atoms with E-state index in [2.05, 4.69) is 41.8 Å². The number of unbranched alkanes of at least 4 members (excludes halogenated alkanes) is 8. The van der Waals surface area contributed by atoms with Gasteiger partial charge in [0.25, 0.3) is 0 Å². The highest BCUT2D eigenvalue weighted by Gasteiger charge is 2.19. The molecule has 0 saturated heterocycles. The number of carbonyl (C=O) groups is 1. The van der Waals surface area contributed by atoms with Crippen LogP contribution in [-0.4, -0.2) is 76.4 Å². The Kier molecular flexibility index (Phi) is 12.9. The van der Waals surface area contributed by atoms with Crippen LogP contribution in [0.15, 0.2) is 12.7 Å². The van der Waals surface area contributed by atoms with E-state index in [0.29, 0.717) is 6.61 Å². The molecule has 25 heavy (non-hydrogen) atoms. The molecule has 0 amide bonds. The van der Waals surface area contributed by atoms with Crippen molar-refractivity contribution < 1.29 is 18.5 Å². The number of quaternary nitrogens is 2. The van der Waals surface area contributed by atoms with E-state index < -0.39 is 0 Å². The number of nitrogens with zero attached hydrogens (tertiary/aromatic N) is 2. The monoisotopic (exact) mass is 356 g/mol. The molecule has 0 aliphatic heterocycles. The van der Waals surface area contributed by atoms with Crippen molar-refractivity contribution in [1.82, 2.24) is 0 Å². The fourth-order valence-corrected chi connectivity index (χ4v) is 2.79. The molecule has 0 aromatic heterocycles. The van der Waals surface area contributed by atoms with E-state index in [-0.39, 0.29) is 5.97 Å². The minimum Gasteiger partial charge on any atom is -0.463 e. The summed E-state index contributed by atoms with van der Waals surface area (Å²) in [5.41, 5.74) is 0. The summed E-state index contributed by atoms with van der Waals surface area (Å²) in [6, 6.07) is 0. The normalized spacial score (nSPS) is 12.2. The van der Waals surface area contributed by atoms with E-state index in [1.807, 2.05) is 0 Å². The van der Waals surface area contributed by atoms with Crippen LogP contribution in [0.4, 0.5) is 0 Å². The van der Waals surface area contributed by atoms with Crippen molar-refractivity contribution in [1.29, 1.82) is 0 Å². The van der Waals surface area contributed by atoms with Crippen LogP contribution in [-0.2, 0) is 9.53 Å². The zero-order valence-electron chi connectivity index (χ0n) is 17.7. The first kappa shape index (κ1) is 24.1. The summed E-state index contributed by atoms with van der Waals surface area (Å²) in [6.07, 6.45) is 12.7. The van der Waals surface area contributed by atoms with E-state index in [1.165, 1.54) is 70.7 Å². The maximum Gasteiger partial charge on any atom is 0.330 e. The highest BCUT2D eigenvalue weighted by Crippen LogP contribution is 2.11. The molecule has 0 saturated carbocycles. The molecular weight excluding hydrogens is 312 g/mol. The molecule has 0 aromatic carbocycles. The molecule has 0 unspecified atom stereocenters. The van der Waals surface area contributed by atoms with Crippen molar-refractivity contribution in [2.24, 2.45) is 0 Å². The van der Waals surface area contributed by atoms with Gasteiger partial charge in [-0.2, -0.15) is 0 Å². The Balaban J connectivity index is 3.38. The van der Waals surface area contributed by atoms with Crippen LogP contribution in [0.1, 0.15) is 57.8 Å². The summed E-state index contributed by atoms with van der Waals surface area (Å²) in [7, 11) is 11.5. The Hall–Kier alpha value is -0.870. The smallest absolute Gasteiger partial charge is 0.330 e. The Labute approximate surface area is 157 Å². The van der Waals surface area contributed by atoms with Gasteiger partial charge in [0, 0.05) is 6.08 Å². The van der Waals surface area contributed by atoms with Crippen LogP contribution in [0.25, 0.3) is 0 Å². The molecule has 0 spiro atoms. The first-order chi connectivity index (χ1) is 11.7. The van der Waals surface area contributed by atoms with Gasteiger partial charge in [-0.25, -0.2) is 4.79 Å². The predicted molar refractivity (Wildman–Crippen MR) is 107 cm³/mol. The molecule has 148 valence electrons. The van der Waals surface area contributed by atoms with Crippen molar-refractivity contribution in [3.05, 3.63) is 12.7 Å². The standard InChI is InChI=1S/C21H44N2O2/c1-7-21(24)25-20-16-14-12-10-8-9-11-13-15-17-23(5,6)19-18-22(2,3)4/h7H,1,8-20H2,2-6H3/q+2. The van der Waals surface area contributed by atoms with Gasteiger partial charge >= 0.3 is 5.97 Å². The molecule has 0 N–H and O–H groups in total. The average Bonchev–Trinajstić information content (AvgIpc) is 2.53. The number of esters is 1. The second kappa shape index (κ2) is 13.3. The molecular formula is C21H44N2O2+2. The third kappa shape index (κ3) is 17.7. The summed E-state index contributed by atoms with van der Waals surface area (Å²) in [5, 5.41) is 0. The lowest BCUT2D eigenvalue weighted by atomic mass is 10.1. The van der Waals surface area contributed by atoms with Crippen molar-refractivity contribution in [2.75, 3.05) is 61.5 Å². The molecule has 4 heteroatoms. The summed E-state index contributed by atoms with van der Waals surface area (Å²) >= 11 is 0. The maximum absolute atomic E-state index is 10.9. The fourth-order valence-electron chi connectivity index (χ4n) is 2.79. The van der Waals surface area contributed by atoms with Crippen LogP contribution in [0.5, 0.6) is 0 Å². The van der Waals surface area contributed by atoms with E-state index in [0.717, 1.165) is 21.8 Å². The second-order valence-corrected chi connectivity index (χ2v) is 8.95. The fraction of sp³-hybridized carbons (Fsp3) is 0.857. The Bertz CT molecular complexity index is 359. The molecule has 4 nitrogen and oxygen atoms in total. The number of rotatable bonds is 16. The molecule has 0 aliphatic rings. The highest BCUT2D eigenvalue weighted by molar-refractivity contribution is 5.81. The summed E-state index contributed by atoms with van der Waals surface area (Å²) in [4.78, 5) is 10.9. The zero-order valence-corrected chi connectivity index (χ0v) is 17.7. The third-order valence-corrected chi connectivity index (χ3v) is 4.69. The van der Waals surface area contributed by atoms with Gasteiger partial charge in [-0.15, -0.1) is 0 Å². The maximum atomic E-state index is 10.9. The largest absolute Gasteiger partial charge is 0.463 e. The first-order valence-electron chi connectivity index (χ1n) is 10.1. The van der Waals surface area contributed by atoms with Gasteiger partial charge < -0.3 is 13.7 Å². The van der Waals surface area contributed by atoms with Crippen LogP contribution < -0.4 is 0 Å². The zero-order chi connectivity index (χ0) is 19.2. The van der Waals surface area contributed by atoms with Gasteiger partial charge in [0.05, 0.1) is 48.4 Å². The van der Waals surface area contributed by atoms with Gasteiger partial charge in [0.15, 0.2) is 0 Å². The van der Waals surface area contributed by atoms with Gasteiger partial charge in [0.2, 0.25) is 0 Å². The number of hydrogen-bond acceptors (Lipinski definition) is 2. The lowest BCUT2D eigenvalue weighted by Gasteiger charge is -2.33. The van der Waals surface area contributed by atoms with Crippen LogP contribution in [0.3, 0.4) is 0 Å². The van der Waals surface area contributed by atoms with Gasteiger partial charge in [-0.3, -0.25) is 0 Å². The quantitative estimate of drug-likeness (QED) is 0.181. The average molecular weight is 357 g/mol. The number of carbonyl (C=O) groups excluding carboxylic acids is 1. The topological polar surface area (TPSA) is 26.3 Å². The highest BCUT2D eigenvalue weighted by atomic mass is 16.5. The second-order valence-electron chi connectivity index (χ2n) is 8.95. The van der Waals surface area contributed by atoms with Crippen LogP contribution in [0, 0.1) is 0 Å². The SMILES string of the molecule is C=CC(=O)OCCCCCCCCCCC[N+](C)(C)CC[N+](C)(C)C. The van der Waals surface area contributed by atoms with Crippen LogP contribution >= 0.6 is 0 Å². The minimum absolute atomic E-state index is 0.306. The first-order valence-corrected chi connectivity index (χ1v) is 10.1. The van der Waals surface area contributed by atoms with Crippen molar-refractivity contribution >= 4 is 5.97 Å². The molecule has 0 fully saturated rings. The lowest BCUT2D eigenvalue weighted by molar-refractivity contribution is -0.937. The Morgan fingerprint density at radius 2 is 1.24 bits per heavy atom. The predicted octanol–water partition coefficient (Wildman–Crippen LogP) is 4.01. The van der Waals surface area contributed by atoms with E-state index in [4.69, 9.17) is 4.74 Å². The van der Waals surface area contributed by atoms with Crippen molar-refractivity contribution in [3.8, 4) is 0 Å². The van der Waals surface area contributed by atoms with E-state index in [1.54, 1.807) is 0 Å². The Morgan fingerprint density at radius 1 is 0.760 bits per heavy atom. The Morgan fingerprint density at radius 3 is 1.72 bits per heavy atom. The van der Waals surface area contributed by atoms with Gasteiger partial charge in [-0.05, 0) is 19.3 Å². The molecule has 0 rings (SSSR count). The van der Waals surface area contributed by atoms with Crippen LogP contribution in [0.2, 0.25) is 0 Å². The molecule has 0 aromatic rings. The summed E-state index contributed by atoms with van der Waals surface area (Å²) < 4.78 is 7.17. The number of likely N-dealkylation sites (N-methyl/N-ethyl adjacent to an activating group) is 2. The lowest BCUT2D eigenvalue weighted by Crippen LogP contribution is -2.49. The summed E-state index contributed by atoms with van der Waals surface area (Å²) in [5.74, 6) is -0.306. The van der Waals surface area contributed by atoms with E-state index >= 15 is 0 Å².